The van der Waals surface area contributed by atoms with Crippen LogP contribution in [0.3, 0.4) is 0 Å². The molecule has 108 valence electrons. The van der Waals surface area contributed by atoms with Gasteiger partial charge in [-0.3, -0.25) is 4.57 Å². The van der Waals surface area contributed by atoms with Crippen LogP contribution < -0.4 is 11.5 Å². The van der Waals surface area contributed by atoms with Crippen LogP contribution >= 0.6 is 9.47 Å². The first-order valence-corrected chi connectivity index (χ1v) is 6.48. The van der Waals surface area contributed by atoms with Gasteiger partial charge < -0.3 is 25.8 Å². The number of nitrogens with two attached hydrogens (primary N) is 2. The lowest BCUT2D eigenvalue weighted by Crippen LogP contribution is -2.25. The average molecular weight is 298 g/mol. The number of aliphatic hydroxyl groups is 1. The fourth-order valence-electron chi connectivity index (χ4n) is 2.35. The maximum absolute atomic E-state index is 9.28. The number of fused-ring (bicyclic) bond motifs is 1. The van der Waals surface area contributed by atoms with Gasteiger partial charge in [0.05, 0.1) is 19.0 Å². The largest absolute Gasteiger partial charge is 0.394 e. The Hall–Kier alpha value is -1.54. The first kappa shape index (κ1) is 13.4. The predicted molar refractivity (Wildman–Crippen MR) is 74.3 cm³/mol. The van der Waals surface area contributed by atoms with Gasteiger partial charge in [-0.25, -0.2) is 4.98 Å². The van der Waals surface area contributed by atoms with Gasteiger partial charge in [0.15, 0.2) is 11.5 Å². The number of aliphatic hydroxyl groups excluding tert-OH is 1. The molecule has 4 unspecified atom stereocenters. The summed E-state index contributed by atoms with van der Waals surface area (Å²) in [5.74, 6) is 0.300. The highest BCUT2D eigenvalue weighted by Gasteiger charge is 2.36. The van der Waals surface area contributed by atoms with Crippen LogP contribution in [0, 0.1) is 0 Å². The van der Waals surface area contributed by atoms with Crippen LogP contribution in [-0.2, 0) is 9.26 Å². The Labute approximate surface area is 116 Å². The standard InChI is InChI=1S/C10H15N6O3P/c11-8-7-9(15-10(12)14-8)16(3-13-7)6-1-4(19-20)5(2-17)18-6/h3-6,17H,1-2,20H2,(H4,11,12,14,15). The van der Waals surface area contributed by atoms with Gasteiger partial charge in [0.25, 0.3) is 0 Å². The van der Waals surface area contributed by atoms with Crippen molar-refractivity contribution in [1.82, 2.24) is 19.5 Å². The van der Waals surface area contributed by atoms with Crippen LogP contribution in [0.25, 0.3) is 11.2 Å². The minimum absolute atomic E-state index is 0.0762. The van der Waals surface area contributed by atoms with Crippen molar-refractivity contribution >= 4 is 32.4 Å². The number of nitrogen functional groups attached to an aromatic ring is 2. The molecule has 0 bridgehead atoms. The third-order valence-corrected chi connectivity index (χ3v) is 3.66. The number of anilines is 2. The molecule has 9 nitrogen and oxygen atoms in total. The highest BCUT2D eigenvalue weighted by molar-refractivity contribution is 7.09. The summed E-state index contributed by atoms with van der Waals surface area (Å²) in [6.45, 7) is -0.124. The zero-order valence-electron chi connectivity index (χ0n) is 10.5. The van der Waals surface area contributed by atoms with Crippen LogP contribution in [0.1, 0.15) is 12.6 Å². The second-order valence-electron chi connectivity index (χ2n) is 4.51. The maximum Gasteiger partial charge on any atom is 0.224 e. The van der Waals surface area contributed by atoms with E-state index in [1.807, 2.05) is 0 Å². The van der Waals surface area contributed by atoms with E-state index < -0.39 is 6.10 Å². The molecule has 20 heavy (non-hydrogen) atoms. The Balaban J connectivity index is 1.99. The van der Waals surface area contributed by atoms with Crippen LogP contribution in [0.15, 0.2) is 6.33 Å². The first-order chi connectivity index (χ1) is 9.63. The van der Waals surface area contributed by atoms with E-state index in [1.165, 1.54) is 0 Å². The molecule has 2 aromatic rings. The summed E-state index contributed by atoms with van der Waals surface area (Å²) in [5.41, 5.74) is 12.3. The summed E-state index contributed by atoms with van der Waals surface area (Å²) in [6.07, 6.45) is 1.16. The molecule has 10 heteroatoms. The number of aromatic nitrogens is 4. The molecular formula is C10H15N6O3P. The molecule has 1 aliphatic rings. The van der Waals surface area contributed by atoms with Crippen LogP contribution in [-0.4, -0.2) is 43.4 Å². The van der Waals surface area contributed by atoms with E-state index in [4.69, 9.17) is 20.7 Å². The lowest BCUT2D eigenvalue weighted by Gasteiger charge is -2.14. The fraction of sp³-hybridized carbons (Fsp3) is 0.500. The molecule has 0 aliphatic carbocycles. The molecule has 3 rings (SSSR count). The molecule has 0 aromatic carbocycles. The number of hydrogen-bond donors (Lipinski definition) is 3. The Morgan fingerprint density at radius 2 is 2.30 bits per heavy atom. The van der Waals surface area contributed by atoms with Crippen molar-refractivity contribution in [3.63, 3.8) is 0 Å². The second-order valence-corrected chi connectivity index (χ2v) is 4.79. The van der Waals surface area contributed by atoms with Gasteiger partial charge in [-0.1, -0.05) is 0 Å². The Morgan fingerprint density at radius 1 is 1.50 bits per heavy atom. The van der Waals surface area contributed by atoms with Gasteiger partial charge in [-0.15, -0.1) is 0 Å². The van der Waals surface area contributed by atoms with E-state index >= 15 is 0 Å². The topological polar surface area (TPSA) is 134 Å². The summed E-state index contributed by atoms with van der Waals surface area (Å²) in [6, 6.07) is 0. The van der Waals surface area contributed by atoms with Gasteiger partial charge in [-0.2, -0.15) is 9.97 Å². The maximum atomic E-state index is 9.28. The average Bonchev–Trinajstić information content (AvgIpc) is 3.01. The molecule has 2 aromatic heterocycles. The van der Waals surface area contributed by atoms with Crippen LogP contribution in [0.4, 0.5) is 11.8 Å². The van der Waals surface area contributed by atoms with Crippen molar-refractivity contribution in [2.45, 2.75) is 24.9 Å². The fourth-order valence-corrected chi connectivity index (χ4v) is 2.63. The van der Waals surface area contributed by atoms with Crippen molar-refractivity contribution in [2.75, 3.05) is 18.1 Å². The first-order valence-electron chi connectivity index (χ1n) is 6.01. The summed E-state index contributed by atoms with van der Waals surface area (Å²) < 4.78 is 12.7. The molecule has 0 amide bonds. The minimum Gasteiger partial charge on any atom is -0.394 e. The Kier molecular flexibility index (Phi) is 3.43. The number of rotatable bonds is 3. The minimum atomic E-state index is -0.397. The zero-order valence-corrected chi connectivity index (χ0v) is 11.7. The molecule has 1 saturated heterocycles. The van der Waals surface area contributed by atoms with Crippen molar-refractivity contribution in [1.29, 1.82) is 0 Å². The quantitative estimate of drug-likeness (QED) is 0.642. The lowest BCUT2D eigenvalue weighted by atomic mass is 10.2. The lowest BCUT2D eigenvalue weighted by molar-refractivity contribution is -0.0372. The van der Waals surface area contributed by atoms with Crippen molar-refractivity contribution < 1.29 is 14.4 Å². The number of ether oxygens (including phenoxy) is 1. The van der Waals surface area contributed by atoms with Crippen LogP contribution in [0.2, 0.25) is 0 Å². The second kappa shape index (κ2) is 5.10. The van der Waals surface area contributed by atoms with Gasteiger partial charge in [0.1, 0.15) is 17.8 Å². The molecule has 1 fully saturated rings. The number of nitrogens with zero attached hydrogens (tertiary/aromatic N) is 4. The van der Waals surface area contributed by atoms with Gasteiger partial charge >= 0.3 is 0 Å². The normalized spacial score (nSPS) is 26.4. The molecule has 1 aliphatic heterocycles. The summed E-state index contributed by atoms with van der Waals surface area (Å²) >= 11 is 0. The summed E-state index contributed by atoms with van der Waals surface area (Å²) in [7, 11) is 2.19. The van der Waals surface area contributed by atoms with Crippen molar-refractivity contribution in [3.05, 3.63) is 6.33 Å². The number of imidazole rings is 1. The smallest absolute Gasteiger partial charge is 0.224 e. The van der Waals surface area contributed by atoms with E-state index in [0.29, 0.717) is 17.6 Å². The van der Waals surface area contributed by atoms with E-state index in [9.17, 15) is 5.11 Å². The third-order valence-electron chi connectivity index (χ3n) is 3.31. The molecule has 0 saturated carbocycles. The van der Waals surface area contributed by atoms with Gasteiger partial charge in [0.2, 0.25) is 5.95 Å². The molecule has 5 N–H and O–H groups in total. The summed E-state index contributed by atoms with van der Waals surface area (Å²) in [5, 5.41) is 9.28. The van der Waals surface area contributed by atoms with Crippen molar-refractivity contribution in [2.24, 2.45) is 0 Å². The molecule has 3 heterocycles. The van der Waals surface area contributed by atoms with Gasteiger partial charge in [-0.05, 0) is 0 Å². The Bertz CT molecular complexity index is 623. The van der Waals surface area contributed by atoms with Gasteiger partial charge in [0, 0.05) is 15.9 Å². The molecule has 0 radical (unpaired) electrons. The number of hydrogen-bond acceptors (Lipinski definition) is 8. The van der Waals surface area contributed by atoms with E-state index in [-0.39, 0.29) is 30.7 Å². The third kappa shape index (κ3) is 2.08. The van der Waals surface area contributed by atoms with Crippen molar-refractivity contribution in [3.8, 4) is 0 Å². The van der Waals surface area contributed by atoms with E-state index in [1.54, 1.807) is 10.9 Å². The molecule has 4 atom stereocenters. The van der Waals surface area contributed by atoms with Crippen LogP contribution in [0.5, 0.6) is 0 Å². The molecular weight excluding hydrogens is 283 g/mol. The van der Waals surface area contributed by atoms with E-state index in [0.717, 1.165) is 0 Å². The zero-order chi connectivity index (χ0) is 14.3. The monoisotopic (exact) mass is 298 g/mol. The molecule has 0 spiro atoms. The predicted octanol–water partition coefficient (Wildman–Crippen LogP) is -0.554. The highest BCUT2D eigenvalue weighted by atomic mass is 31.0. The Morgan fingerprint density at radius 3 is 2.95 bits per heavy atom. The van der Waals surface area contributed by atoms with E-state index in [2.05, 4.69) is 24.4 Å². The highest BCUT2D eigenvalue weighted by Crippen LogP contribution is 2.33. The summed E-state index contributed by atoms with van der Waals surface area (Å²) in [4.78, 5) is 12.2. The SMILES string of the molecule is Nc1nc(N)c2ncn(C3CC(OP)C(CO)O3)c2n1.